The molecule has 3 aromatic rings. The summed E-state index contributed by atoms with van der Waals surface area (Å²) in [6.07, 6.45) is 3.49. The predicted molar refractivity (Wildman–Crippen MR) is 117 cm³/mol. The summed E-state index contributed by atoms with van der Waals surface area (Å²) >= 11 is 0. The summed E-state index contributed by atoms with van der Waals surface area (Å²) in [7, 11) is 2.08. The highest BCUT2D eigenvalue weighted by Crippen LogP contribution is 2.34. The van der Waals surface area contributed by atoms with Crippen molar-refractivity contribution in [2.24, 2.45) is 0 Å². The number of pyridine rings is 2. The third-order valence-corrected chi connectivity index (χ3v) is 6.27. The Morgan fingerprint density at radius 2 is 1.91 bits per heavy atom. The largest absolute Gasteiger partial charge is 0.462 e. The molecule has 0 bridgehead atoms. The topological polar surface area (TPSA) is 84.2 Å². The number of aromatic nitrogens is 2. The van der Waals surface area contributed by atoms with Crippen molar-refractivity contribution >= 4 is 23.1 Å². The molecule has 170 valence electrons. The maximum Gasteiger partial charge on any atom is 0.341 e. The van der Waals surface area contributed by atoms with Gasteiger partial charge in [0.25, 0.3) is 0 Å². The Kier molecular flexibility index (Phi) is 5.51. The van der Waals surface area contributed by atoms with Gasteiger partial charge in [0.1, 0.15) is 22.8 Å². The van der Waals surface area contributed by atoms with Gasteiger partial charge in [0.2, 0.25) is 5.78 Å². The maximum absolute atomic E-state index is 14.9. The first-order valence-electron chi connectivity index (χ1n) is 10.9. The predicted octanol–water partition coefficient (Wildman–Crippen LogP) is 2.04. The van der Waals surface area contributed by atoms with Crippen LogP contribution >= 0.6 is 0 Å². The monoisotopic (exact) mass is 450 g/mol. The van der Waals surface area contributed by atoms with Crippen molar-refractivity contribution in [1.29, 1.82) is 0 Å². The van der Waals surface area contributed by atoms with E-state index in [9.17, 15) is 18.8 Å². The second kappa shape index (κ2) is 8.49. The van der Waals surface area contributed by atoms with Crippen LogP contribution in [0.4, 0.5) is 4.39 Å². The summed E-state index contributed by atoms with van der Waals surface area (Å²) in [5.41, 5.74) is -0.461. The van der Waals surface area contributed by atoms with Crippen LogP contribution in [0.25, 0.3) is 5.52 Å². The SMILES string of the molecule is CN1CCN(CCCOC(=O)c2c3c(n4cccc(F)c24)C(=O)c2ncccc2C3=O)CC1. The number of nitrogens with zero attached hydrogens (tertiary/aromatic N) is 4. The van der Waals surface area contributed by atoms with Gasteiger partial charge in [-0.05, 0) is 37.7 Å². The van der Waals surface area contributed by atoms with E-state index >= 15 is 0 Å². The van der Waals surface area contributed by atoms with Crippen LogP contribution in [0.1, 0.15) is 48.9 Å². The molecule has 0 atom stereocenters. The summed E-state index contributed by atoms with van der Waals surface area (Å²) in [6, 6.07) is 5.63. The zero-order valence-corrected chi connectivity index (χ0v) is 18.2. The standard InChI is InChI=1S/C24H23FN4O4/c1-27-10-12-28(13-11-27)8-4-14-33-24(32)18-17-21(29-9-3-6-16(25)20(18)29)23(31)19-15(22(17)30)5-2-7-26-19/h2-3,5-7,9H,4,8,10-14H2,1H3. The second-order valence-electron chi connectivity index (χ2n) is 8.37. The minimum absolute atomic E-state index is 0.00856. The minimum Gasteiger partial charge on any atom is -0.462 e. The smallest absolute Gasteiger partial charge is 0.341 e. The maximum atomic E-state index is 14.9. The van der Waals surface area contributed by atoms with Gasteiger partial charge in [-0.15, -0.1) is 0 Å². The normalized spacial score (nSPS) is 16.7. The number of ketones is 2. The fourth-order valence-electron chi connectivity index (χ4n) is 4.52. The summed E-state index contributed by atoms with van der Waals surface area (Å²) in [6.45, 7) is 4.81. The average molecular weight is 450 g/mol. The molecular formula is C24H23FN4O4. The molecule has 0 aromatic carbocycles. The van der Waals surface area contributed by atoms with Crippen molar-refractivity contribution < 1.29 is 23.5 Å². The lowest BCUT2D eigenvalue weighted by Crippen LogP contribution is -2.44. The van der Waals surface area contributed by atoms with Crippen molar-refractivity contribution in [3.63, 3.8) is 0 Å². The van der Waals surface area contributed by atoms with E-state index in [2.05, 4.69) is 21.8 Å². The molecule has 1 saturated heterocycles. The lowest BCUT2D eigenvalue weighted by molar-refractivity contribution is 0.0479. The molecule has 1 aliphatic heterocycles. The number of hydrogen-bond donors (Lipinski definition) is 0. The van der Waals surface area contributed by atoms with Crippen LogP contribution in [0.3, 0.4) is 0 Å². The Labute approximate surface area is 189 Å². The molecule has 0 saturated carbocycles. The van der Waals surface area contributed by atoms with Crippen molar-refractivity contribution in [2.45, 2.75) is 6.42 Å². The zero-order chi connectivity index (χ0) is 23.1. The summed E-state index contributed by atoms with van der Waals surface area (Å²) in [4.78, 5) is 48.1. The van der Waals surface area contributed by atoms with E-state index in [-0.39, 0.29) is 40.2 Å². The minimum atomic E-state index is -0.814. The third kappa shape index (κ3) is 3.63. The van der Waals surface area contributed by atoms with Crippen molar-refractivity contribution in [1.82, 2.24) is 19.2 Å². The number of carbonyl (C=O) groups is 3. The summed E-state index contributed by atoms with van der Waals surface area (Å²) < 4.78 is 21.6. The molecule has 1 fully saturated rings. The van der Waals surface area contributed by atoms with E-state index in [1.54, 1.807) is 6.07 Å². The molecule has 0 N–H and O–H groups in total. The molecule has 1 aliphatic carbocycles. The van der Waals surface area contributed by atoms with Crippen LogP contribution in [-0.2, 0) is 4.74 Å². The highest BCUT2D eigenvalue weighted by Gasteiger charge is 2.40. The first kappa shape index (κ1) is 21.4. The Balaban J connectivity index is 1.44. The van der Waals surface area contributed by atoms with Crippen LogP contribution < -0.4 is 0 Å². The number of carbonyl (C=O) groups excluding carboxylic acids is 3. The third-order valence-electron chi connectivity index (χ3n) is 6.27. The Morgan fingerprint density at radius 1 is 1.12 bits per heavy atom. The first-order chi connectivity index (χ1) is 16.0. The fraction of sp³-hybridized carbons (Fsp3) is 0.333. The van der Waals surface area contributed by atoms with Gasteiger partial charge in [0.15, 0.2) is 5.78 Å². The molecule has 0 amide bonds. The van der Waals surface area contributed by atoms with Gasteiger partial charge in [-0.3, -0.25) is 14.6 Å². The van der Waals surface area contributed by atoms with Gasteiger partial charge in [-0.25, -0.2) is 9.18 Å². The molecule has 33 heavy (non-hydrogen) atoms. The van der Waals surface area contributed by atoms with Crippen molar-refractivity contribution in [2.75, 3.05) is 46.4 Å². The fourth-order valence-corrected chi connectivity index (χ4v) is 4.52. The number of piperazine rings is 1. The molecule has 0 spiro atoms. The molecule has 5 rings (SSSR count). The van der Waals surface area contributed by atoms with E-state index in [0.29, 0.717) is 6.42 Å². The van der Waals surface area contributed by atoms with Crippen molar-refractivity contribution in [3.8, 4) is 0 Å². The van der Waals surface area contributed by atoms with Crippen LogP contribution in [0.2, 0.25) is 0 Å². The van der Waals surface area contributed by atoms with Crippen LogP contribution in [0.5, 0.6) is 0 Å². The van der Waals surface area contributed by atoms with Crippen LogP contribution in [-0.4, -0.2) is 83.1 Å². The lowest BCUT2D eigenvalue weighted by atomic mass is 9.89. The van der Waals surface area contributed by atoms with E-state index in [1.807, 2.05) is 0 Å². The summed E-state index contributed by atoms with van der Waals surface area (Å²) in [5.74, 6) is -2.60. The average Bonchev–Trinajstić information content (AvgIpc) is 3.18. The van der Waals surface area contributed by atoms with Crippen LogP contribution in [0, 0.1) is 5.82 Å². The highest BCUT2D eigenvalue weighted by molar-refractivity contribution is 6.31. The molecule has 2 aliphatic rings. The van der Waals surface area contributed by atoms with E-state index in [1.165, 1.54) is 35.0 Å². The van der Waals surface area contributed by atoms with Crippen molar-refractivity contribution in [3.05, 3.63) is 70.6 Å². The second-order valence-corrected chi connectivity index (χ2v) is 8.37. The molecule has 3 aromatic heterocycles. The molecule has 8 nitrogen and oxygen atoms in total. The first-order valence-corrected chi connectivity index (χ1v) is 10.9. The Hall–Kier alpha value is -3.43. The zero-order valence-electron chi connectivity index (χ0n) is 18.2. The van der Waals surface area contributed by atoms with E-state index in [0.717, 1.165) is 32.7 Å². The number of esters is 1. The van der Waals surface area contributed by atoms with Gasteiger partial charge in [0.05, 0.1) is 23.3 Å². The molecule has 0 radical (unpaired) electrons. The number of halogens is 1. The summed E-state index contributed by atoms with van der Waals surface area (Å²) in [5, 5.41) is 0. The quantitative estimate of drug-likeness (QED) is 0.340. The van der Waals surface area contributed by atoms with Gasteiger partial charge >= 0.3 is 5.97 Å². The molecular weight excluding hydrogens is 427 g/mol. The number of likely N-dealkylation sites (N-methyl/N-ethyl adjacent to an activating group) is 1. The van der Waals surface area contributed by atoms with Crippen LogP contribution in [0.15, 0.2) is 36.7 Å². The van der Waals surface area contributed by atoms with Gasteiger partial charge in [-0.1, -0.05) is 0 Å². The van der Waals surface area contributed by atoms with E-state index < -0.39 is 23.4 Å². The Morgan fingerprint density at radius 3 is 2.70 bits per heavy atom. The molecule has 0 unspecified atom stereocenters. The highest BCUT2D eigenvalue weighted by atomic mass is 19.1. The van der Waals surface area contributed by atoms with Gasteiger partial charge in [0, 0.05) is 45.1 Å². The Bertz CT molecular complexity index is 1280. The number of ether oxygens (including phenoxy) is 1. The number of fused-ring (bicyclic) bond motifs is 4. The number of rotatable bonds is 5. The van der Waals surface area contributed by atoms with Gasteiger partial charge < -0.3 is 18.9 Å². The van der Waals surface area contributed by atoms with Gasteiger partial charge in [-0.2, -0.15) is 0 Å². The lowest BCUT2D eigenvalue weighted by Gasteiger charge is -2.32. The van der Waals surface area contributed by atoms with E-state index in [4.69, 9.17) is 4.74 Å². The molecule has 9 heteroatoms. The number of hydrogen-bond acceptors (Lipinski definition) is 7. The molecule has 4 heterocycles.